The van der Waals surface area contributed by atoms with Crippen molar-refractivity contribution in [3.8, 4) is 6.07 Å². The maximum Gasteiger partial charge on any atom is 0.101 e. The third kappa shape index (κ3) is 2.96. The van der Waals surface area contributed by atoms with Gasteiger partial charge in [0.05, 0.1) is 11.3 Å². The lowest BCUT2D eigenvalue weighted by molar-refractivity contribution is 0.878. The zero-order valence-corrected chi connectivity index (χ0v) is 13.6. The van der Waals surface area contributed by atoms with Crippen molar-refractivity contribution in [2.45, 2.75) is 32.2 Å². The molecule has 0 aliphatic heterocycles. The van der Waals surface area contributed by atoms with Crippen molar-refractivity contribution in [2.24, 2.45) is 0 Å². The SMILES string of the molecule is CC(Nc1ccc(Br)cc1C#N)c1ccc2c(c1)CCC2. The standard InChI is InChI=1S/C18H17BrN2/c1-12(14-6-5-13-3-2-4-15(13)9-14)21-18-8-7-17(19)10-16(18)11-20/h5-10,12,21H,2-4H2,1H3. The van der Waals surface area contributed by atoms with Gasteiger partial charge in [-0.2, -0.15) is 5.26 Å². The maximum atomic E-state index is 9.24. The molecule has 106 valence electrons. The first kappa shape index (κ1) is 14.2. The summed E-state index contributed by atoms with van der Waals surface area (Å²) in [5.74, 6) is 0. The fraction of sp³-hybridized carbons (Fsp3) is 0.278. The molecule has 0 fully saturated rings. The van der Waals surface area contributed by atoms with Crippen molar-refractivity contribution in [1.29, 1.82) is 5.26 Å². The van der Waals surface area contributed by atoms with E-state index in [0.717, 1.165) is 10.2 Å². The number of anilines is 1. The van der Waals surface area contributed by atoms with E-state index in [9.17, 15) is 5.26 Å². The number of nitrogens with zero attached hydrogens (tertiary/aromatic N) is 1. The van der Waals surface area contributed by atoms with Crippen LogP contribution >= 0.6 is 15.9 Å². The van der Waals surface area contributed by atoms with E-state index in [1.807, 2.05) is 18.2 Å². The Kier molecular flexibility index (Phi) is 3.98. The van der Waals surface area contributed by atoms with Crippen LogP contribution in [-0.4, -0.2) is 0 Å². The highest BCUT2D eigenvalue weighted by Crippen LogP contribution is 2.28. The van der Waals surface area contributed by atoms with Crippen LogP contribution < -0.4 is 5.32 Å². The van der Waals surface area contributed by atoms with Gasteiger partial charge in [-0.1, -0.05) is 34.1 Å². The molecule has 1 aliphatic carbocycles. The summed E-state index contributed by atoms with van der Waals surface area (Å²) >= 11 is 3.40. The molecule has 1 N–H and O–H groups in total. The second kappa shape index (κ2) is 5.91. The summed E-state index contributed by atoms with van der Waals surface area (Å²) in [5, 5.41) is 12.7. The van der Waals surface area contributed by atoms with Gasteiger partial charge < -0.3 is 5.32 Å². The summed E-state index contributed by atoms with van der Waals surface area (Å²) in [4.78, 5) is 0. The van der Waals surface area contributed by atoms with Crippen molar-refractivity contribution < 1.29 is 0 Å². The molecule has 2 nitrogen and oxygen atoms in total. The van der Waals surface area contributed by atoms with Crippen molar-refractivity contribution in [2.75, 3.05) is 5.32 Å². The highest BCUT2D eigenvalue weighted by molar-refractivity contribution is 9.10. The van der Waals surface area contributed by atoms with Gasteiger partial charge in [0.25, 0.3) is 0 Å². The molecule has 2 aromatic carbocycles. The largest absolute Gasteiger partial charge is 0.377 e. The molecule has 21 heavy (non-hydrogen) atoms. The van der Waals surface area contributed by atoms with Crippen LogP contribution in [0.5, 0.6) is 0 Å². The van der Waals surface area contributed by atoms with Crippen LogP contribution in [0.15, 0.2) is 40.9 Å². The molecule has 3 rings (SSSR count). The Labute approximate surface area is 133 Å². The number of halogens is 1. The molecule has 0 saturated carbocycles. The zero-order chi connectivity index (χ0) is 14.8. The van der Waals surface area contributed by atoms with Crippen LogP contribution in [0, 0.1) is 11.3 Å². The Morgan fingerprint density at radius 2 is 1.95 bits per heavy atom. The van der Waals surface area contributed by atoms with Crippen LogP contribution in [0.4, 0.5) is 5.69 Å². The van der Waals surface area contributed by atoms with E-state index in [2.05, 4.69) is 52.4 Å². The van der Waals surface area contributed by atoms with Crippen molar-refractivity contribution in [1.82, 2.24) is 0 Å². The second-order valence-electron chi connectivity index (χ2n) is 5.55. The van der Waals surface area contributed by atoms with Gasteiger partial charge in [0.2, 0.25) is 0 Å². The summed E-state index contributed by atoms with van der Waals surface area (Å²) in [6, 6.07) is 14.9. The van der Waals surface area contributed by atoms with Crippen LogP contribution in [0.25, 0.3) is 0 Å². The van der Waals surface area contributed by atoms with Crippen LogP contribution in [0.1, 0.15) is 41.6 Å². The minimum atomic E-state index is 0.184. The van der Waals surface area contributed by atoms with E-state index >= 15 is 0 Å². The Morgan fingerprint density at radius 3 is 2.76 bits per heavy atom. The summed E-state index contributed by atoms with van der Waals surface area (Å²) < 4.78 is 0.926. The lowest BCUT2D eigenvalue weighted by atomic mass is 10.0. The smallest absolute Gasteiger partial charge is 0.101 e. The molecule has 0 saturated heterocycles. The molecular weight excluding hydrogens is 324 g/mol. The topological polar surface area (TPSA) is 35.8 Å². The van der Waals surface area contributed by atoms with Gasteiger partial charge in [-0.15, -0.1) is 0 Å². The quantitative estimate of drug-likeness (QED) is 0.854. The summed E-state index contributed by atoms with van der Waals surface area (Å²) in [5.41, 5.74) is 5.80. The first-order chi connectivity index (χ1) is 10.2. The molecule has 0 radical (unpaired) electrons. The normalized spacial score (nSPS) is 14.3. The molecule has 0 spiro atoms. The summed E-state index contributed by atoms with van der Waals surface area (Å²) in [7, 11) is 0. The van der Waals surface area contributed by atoms with E-state index in [4.69, 9.17) is 0 Å². The lowest BCUT2D eigenvalue weighted by Gasteiger charge is -2.18. The Balaban J connectivity index is 1.84. The fourth-order valence-electron chi connectivity index (χ4n) is 2.91. The van der Waals surface area contributed by atoms with Gasteiger partial charge >= 0.3 is 0 Å². The monoisotopic (exact) mass is 340 g/mol. The minimum absolute atomic E-state index is 0.184. The number of benzene rings is 2. The minimum Gasteiger partial charge on any atom is -0.377 e. The first-order valence-corrected chi connectivity index (χ1v) is 8.04. The summed E-state index contributed by atoms with van der Waals surface area (Å²) in [6.45, 7) is 2.14. The number of hydrogen-bond donors (Lipinski definition) is 1. The molecule has 1 aliphatic rings. The van der Waals surface area contributed by atoms with Crippen molar-refractivity contribution in [3.63, 3.8) is 0 Å². The van der Waals surface area contributed by atoms with E-state index in [1.165, 1.54) is 36.0 Å². The summed E-state index contributed by atoms with van der Waals surface area (Å²) in [6.07, 6.45) is 3.67. The average molecular weight is 341 g/mol. The fourth-order valence-corrected chi connectivity index (χ4v) is 3.27. The number of fused-ring (bicyclic) bond motifs is 1. The van der Waals surface area contributed by atoms with Crippen LogP contribution in [0.3, 0.4) is 0 Å². The lowest BCUT2D eigenvalue weighted by Crippen LogP contribution is -2.08. The average Bonchev–Trinajstić information content (AvgIpc) is 2.96. The Hall–Kier alpha value is -1.79. The number of rotatable bonds is 3. The number of nitriles is 1. The third-order valence-electron chi connectivity index (χ3n) is 4.10. The molecule has 2 aromatic rings. The predicted octanol–water partition coefficient (Wildman–Crippen LogP) is 4.98. The molecule has 3 heteroatoms. The van der Waals surface area contributed by atoms with Crippen LogP contribution in [-0.2, 0) is 12.8 Å². The van der Waals surface area contributed by atoms with Gasteiger partial charge in [-0.25, -0.2) is 0 Å². The molecular formula is C18H17BrN2. The molecule has 0 heterocycles. The van der Waals surface area contributed by atoms with E-state index in [0.29, 0.717) is 5.56 Å². The van der Waals surface area contributed by atoms with Gasteiger partial charge in [0.1, 0.15) is 6.07 Å². The highest BCUT2D eigenvalue weighted by atomic mass is 79.9. The number of aryl methyl sites for hydroxylation is 2. The Bertz CT molecular complexity index is 716. The van der Waals surface area contributed by atoms with E-state index < -0.39 is 0 Å². The predicted molar refractivity (Wildman–Crippen MR) is 89.4 cm³/mol. The van der Waals surface area contributed by atoms with Gasteiger partial charge in [-0.05, 0) is 61.1 Å². The molecule has 1 unspecified atom stereocenters. The molecule has 0 bridgehead atoms. The third-order valence-corrected chi connectivity index (χ3v) is 4.59. The van der Waals surface area contributed by atoms with Crippen LogP contribution in [0.2, 0.25) is 0 Å². The molecule has 0 aromatic heterocycles. The van der Waals surface area contributed by atoms with E-state index in [1.54, 1.807) is 0 Å². The maximum absolute atomic E-state index is 9.24. The van der Waals surface area contributed by atoms with Gasteiger partial charge in [-0.3, -0.25) is 0 Å². The van der Waals surface area contributed by atoms with Gasteiger partial charge in [0.15, 0.2) is 0 Å². The number of hydrogen-bond acceptors (Lipinski definition) is 2. The van der Waals surface area contributed by atoms with E-state index in [-0.39, 0.29) is 6.04 Å². The first-order valence-electron chi connectivity index (χ1n) is 7.25. The zero-order valence-electron chi connectivity index (χ0n) is 12.0. The molecule has 1 atom stereocenters. The Morgan fingerprint density at radius 1 is 1.14 bits per heavy atom. The molecule has 0 amide bonds. The number of nitrogens with one attached hydrogen (secondary N) is 1. The van der Waals surface area contributed by atoms with Gasteiger partial charge in [0, 0.05) is 10.5 Å². The van der Waals surface area contributed by atoms with Crippen molar-refractivity contribution in [3.05, 3.63) is 63.1 Å². The second-order valence-corrected chi connectivity index (χ2v) is 6.47. The van der Waals surface area contributed by atoms with Crippen molar-refractivity contribution >= 4 is 21.6 Å². The highest BCUT2D eigenvalue weighted by Gasteiger charge is 2.14.